The molecule has 1 saturated heterocycles. The van der Waals surface area contributed by atoms with Gasteiger partial charge in [0.05, 0.1) is 17.5 Å². The summed E-state index contributed by atoms with van der Waals surface area (Å²) in [6.07, 6.45) is 1.08. The Morgan fingerprint density at radius 1 is 1.04 bits per heavy atom. The smallest absolute Gasteiger partial charge is 0.238 e. The van der Waals surface area contributed by atoms with Crippen LogP contribution in [0.25, 0.3) is 0 Å². The Hall–Kier alpha value is -1.97. The Morgan fingerprint density at radius 3 is 2.35 bits per heavy atom. The summed E-state index contributed by atoms with van der Waals surface area (Å²) in [5, 5.41) is 0. The zero-order valence-electron chi connectivity index (χ0n) is 14.0. The second-order valence-corrected chi connectivity index (χ2v) is 8.11. The van der Waals surface area contributed by atoms with Crippen molar-refractivity contribution in [2.45, 2.75) is 40.5 Å². The van der Waals surface area contributed by atoms with Crippen LogP contribution in [0.15, 0.2) is 18.2 Å². The SMILES string of the molecule is Cc1ccc(N2C(=O)[C@@H]3[C@H](C2=O)[C@@]2(C)CC(=O)[C@@]3(C)C2)c(C)c1. The van der Waals surface area contributed by atoms with Gasteiger partial charge in [0, 0.05) is 11.8 Å². The maximum Gasteiger partial charge on any atom is 0.238 e. The fourth-order valence-corrected chi connectivity index (χ4v) is 5.38. The van der Waals surface area contributed by atoms with Gasteiger partial charge >= 0.3 is 0 Å². The first-order chi connectivity index (χ1) is 10.7. The van der Waals surface area contributed by atoms with E-state index in [0.29, 0.717) is 18.5 Å². The highest BCUT2D eigenvalue weighted by atomic mass is 16.2. The number of carbonyl (C=O) groups excluding carboxylic acids is 3. The Balaban J connectivity index is 1.84. The number of hydrogen-bond donors (Lipinski definition) is 0. The normalized spacial score (nSPS) is 38.6. The van der Waals surface area contributed by atoms with E-state index in [0.717, 1.165) is 11.1 Å². The van der Waals surface area contributed by atoms with E-state index < -0.39 is 11.3 Å². The number of aryl methyl sites for hydroxylation is 2. The minimum atomic E-state index is -0.667. The maximum absolute atomic E-state index is 13.1. The number of Topliss-reactive ketones (excluding diaryl/α,β-unsaturated/α-hetero) is 1. The number of anilines is 1. The van der Waals surface area contributed by atoms with Crippen molar-refractivity contribution in [1.82, 2.24) is 0 Å². The van der Waals surface area contributed by atoms with Crippen molar-refractivity contribution in [2.24, 2.45) is 22.7 Å². The van der Waals surface area contributed by atoms with Crippen LogP contribution < -0.4 is 4.90 Å². The summed E-state index contributed by atoms with van der Waals surface area (Å²) < 4.78 is 0. The number of nitrogens with zero attached hydrogens (tertiary/aromatic N) is 1. The number of ketones is 1. The van der Waals surface area contributed by atoms with Crippen LogP contribution in [0.1, 0.15) is 37.8 Å². The summed E-state index contributed by atoms with van der Waals surface area (Å²) >= 11 is 0. The van der Waals surface area contributed by atoms with E-state index in [-0.39, 0.29) is 28.9 Å². The molecule has 3 aliphatic rings. The lowest BCUT2D eigenvalue weighted by molar-refractivity contribution is -0.138. The quantitative estimate of drug-likeness (QED) is 0.749. The Bertz CT molecular complexity index is 783. The number of rotatable bonds is 1. The van der Waals surface area contributed by atoms with Gasteiger partial charge in [-0.1, -0.05) is 31.5 Å². The van der Waals surface area contributed by atoms with Crippen LogP contribution in [0.4, 0.5) is 5.69 Å². The maximum atomic E-state index is 13.1. The van der Waals surface area contributed by atoms with Crippen molar-refractivity contribution in [3.8, 4) is 0 Å². The molecule has 4 nitrogen and oxygen atoms in total. The first-order valence-corrected chi connectivity index (χ1v) is 8.17. The van der Waals surface area contributed by atoms with Gasteiger partial charge in [-0.3, -0.25) is 14.4 Å². The number of fused-ring (bicyclic) bond motifs is 5. The second kappa shape index (κ2) is 4.11. The van der Waals surface area contributed by atoms with Crippen LogP contribution in [0, 0.1) is 36.5 Å². The highest BCUT2D eigenvalue weighted by Crippen LogP contribution is 2.68. The Labute approximate surface area is 135 Å². The molecule has 4 rings (SSSR count). The molecule has 1 aromatic rings. The van der Waals surface area contributed by atoms with Gasteiger partial charge in [-0.2, -0.15) is 0 Å². The minimum absolute atomic E-state index is 0.120. The van der Waals surface area contributed by atoms with E-state index in [9.17, 15) is 14.4 Å². The number of imide groups is 1. The monoisotopic (exact) mass is 311 g/mol. The summed E-state index contributed by atoms with van der Waals surface area (Å²) in [6.45, 7) is 7.78. The summed E-state index contributed by atoms with van der Waals surface area (Å²) in [5.41, 5.74) is 1.65. The van der Waals surface area contributed by atoms with Gasteiger partial charge in [-0.25, -0.2) is 4.90 Å². The molecule has 2 amide bonds. The van der Waals surface area contributed by atoms with Gasteiger partial charge in [0.2, 0.25) is 11.8 Å². The van der Waals surface area contributed by atoms with Crippen molar-refractivity contribution in [2.75, 3.05) is 4.90 Å². The van der Waals surface area contributed by atoms with Gasteiger partial charge in [0.15, 0.2) is 0 Å². The lowest BCUT2D eigenvalue weighted by Crippen LogP contribution is -2.40. The van der Waals surface area contributed by atoms with Crippen molar-refractivity contribution in [3.05, 3.63) is 29.3 Å². The predicted octanol–water partition coefficient (Wildman–Crippen LogP) is 2.80. The molecule has 1 heterocycles. The molecule has 0 N–H and O–H groups in total. The summed E-state index contributed by atoms with van der Waals surface area (Å²) in [4.78, 5) is 39.9. The first kappa shape index (κ1) is 14.6. The molecule has 0 radical (unpaired) electrons. The van der Waals surface area contributed by atoms with Crippen LogP contribution in [-0.2, 0) is 14.4 Å². The van der Waals surface area contributed by atoms with E-state index >= 15 is 0 Å². The molecular formula is C19H21NO3. The average Bonchev–Trinajstić information content (AvgIpc) is 2.94. The molecule has 4 heteroatoms. The molecule has 120 valence electrons. The Morgan fingerprint density at radius 2 is 1.70 bits per heavy atom. The average molecular weight is 311 g/mol. The fourth-order valence-electron chi connectivity index (χ4n) is 5.38. The van der Waals surface area contributed by atoms with E-state index in [1.54, 1.807) is 0 Å². The van der Waals surface area contributed by atoms with Crippen molar-refractivity contribution >= 4 is 23.3 Å². The molecule has 3 fully saturated rings. The van der Waals surface area contributed by atoms with Crippen molar-refractivity contribution < 1.29 is 14.4 Å². The molecule has 1 aromatic carbocycles. The van der Waals surface area contributed by atoms with Gasteiger partial charge < -0.3 is 0 Å². The zero-order valence-corrected chi connectivity index (χ0v) is 14.0. The molecule has 1 aliphatic heterocycles. The fraction of sp³-hybridized carbons (Fsp3) is 0.526. The van der Waals surface area contributed by atoms with Crippen LogP contribution in [0.3, 0.4) is 0 Å². The van der Waals surface area contributed by atoms with Crippen LogP contribution in [0.5, 0.6) is 0 Å². The molecule has 2 saturated carbocycles. The number of carbonyl (C=O) groups is 3. The molecule has 0 spiro atoms. The van der Waals surface area contributed by atoms with Gasteiger partial charge in [-0.05, 0) is 37.3 Å². The lowest BCUT2D eigenvalue weighted by atomic mass is 9.68. The molecule has 0 unspecified atom stereocenters. The molecular weight excluding hydrogens is 290 g/mol. The van der Waals surface area contributed by atoms with E-state index in [4.69, 9.17) is 0 Å². The molecule has 2 aliphatic carbocycles. The third-order valence-electron chi connectivity index (χ3n) is 6.31. The lowest BCUT2D eigenvalue weighted by Gasteiger charge is -2.30. The Kier molecular flexibility index (Phi) is 2.61. The van der Waals surface area contributed by atoms with Crippen LogP contribution >= 0.6 is 0 Å². The van der Waals surface area contributed by atoms with Crippen molar-refractivity contribution in [3.63, 3.8) is 0 Å². The number of benzene rings is 1. The predicted molar refractivity (Wildman–Crippen MR) is 85.8 cm³/mol. The molecule has 23 heavy (non-hydrogen) atoms. The molecule has 4 atom stereocenters. The van der Waals surface area contributed by atoms with Gasteiger partial charge in [0.1, 0.15) is 5.78 Å². The highest BCUT2D eigenvalue weighted by molar-refractivity contribution is 6.25. The van der Waals surface area contributed by atoms with Crippen LogP contribution in [-0.4, -0.2) is 17.6 Å². The van der Waals surface area contributed by atoms with Gasteiger partial charge in [0.25, 0.3) is 0 Å². The summed E-state index contributed by atoms with van der Waals surface area (Å²) in [6, 6.07) is 5.74. The zero-order chi connectivity index (χ0) is 16.7. The van der Waals surface area contributed by atoms with E-state index in [1.165, 1.54) is 4.90 Å². The third-order valence-corrected chi connectivity index (χ3v) is 6.31. The van der Waals surface area contributed by atoms with Crippen molar-refractivity contribution in [1.29, 1.82) is 0 Å². The van der Waals surface area contributed by atoms with Gasteiger partial charge in [-0.15, -0.1) is 0 Å². The summed E-state index contributed by atoms with van der Waals surface area (Å²) in [5.74, 6) is -0.998. The van der Waals surface area contributed by atoms with E-state index in [1.807, 2.05) is 45.9 Å². The molecule has 0 aromatic heterocycles. The highest BCUT2D eigenvalue weighted by Gasteiger charge is 2.74. The molecule has 2 bridgehead atoms. The first-order valence-electron chi connectivity index (χ1n) is 8.17. The van der Waals surface area contributed by atoms with Crippen LogP contribution in [0.2, 0.25) is 0 Å². The summed E-state index contributed by atoms with van der Waals surface area (Å²) in [7, 11) is 0. The largest absolute Gasteiger partial charge is 0.299 e. The topological polar surface area (TPSA) is 54.5 Å². The second-order valence-electron chi connectivity index (χ2n) is 8.11. The minimum Gasteiger partial charge on any atom is -0.299 e. The van der Waals surface area contributed by atoms with E-state index in [2.05, 4.69) is 0 Å². The number of amides is 2. The third kappa shape index (κ3) is 1.59. The standard InChI is InChI=1S/C19H21NO3/c1-10-5-6-12(11(2)7-10)20-16(22)14-15(17(20)23)19(4)9-18(14,3)8-13(19)21/h5-7,14-15H,8-9H2,1-4H3/t14-,15+,18+,19-/m1/s1. The number of hydrogen-bond acceptors (Lipinski definition) is 3.